The van der Waals surface area contributed by atoms with Gasteiger partial charge in [0.15, 0.2) is 0 Å². The second-order valence-corrected chi connectivity index (χ2v) is 7.78. The van der Waals surface area contributed by atoms with Crippen LogP contribution >= 0.6 is 0 Å². The maximum absolute atomic E-state index is 13.0. The van der Waals surface area contributed by atoms with Crippen LogP contribution < -0.4 is 5.73 Å². The molecule has 1 aromatic rings. The van der Waals surface area contributed by atoms with E-state index in [-0.39, 0.29) is 5.92 Å². The summed E-state index contributed by atoms with van der Waals surface area (Å²) in [6.07, 6.45) is 10.4. The van der Waals surface area contributed by atoms with E-state index in [4.69, 9.17) is 5.73 Å². The third kappa shape index (κ3) is 3.02. The normalized spacial score (nSPS) is 29.9. The van der Waals surface area contributed by atoms with Gasteiger partial charge < -0.3 is 10.6 Å². The molecule has 0 radical (unpaired) electrons. The monoisotopic (exact) mass is 324 g/mol. The Balaban J connectivity index is 1.37. The predicted molar refractivity (Wildman–Crippen MR) is 96.3 cm³/mol. The number of amides is 1. The number of carbonyl (C=O) groups is 1. The number of hydrogen-bond donors (Lipinski definition) is 1. The first-order chi connectivity index (χ1) is 11.7. The average Bonchev–Trinajstić information content (AvgIpc) is 2.68. The lowest BCUT2D eigenvalue weighted by Crippen LogP contribution is -2.45. The van der Waals surface area contributed by atoms with Gasteiger partial charge in [-0.2, -0.15) is 0 Å². The zero-order valence-corrected chi connectivity index (χ0v) is 14.4. The Bertz CT molecular complexity index is 630. The van der Waals surface area contributed by atoms with Gasteiger partial charge in [-0.3, -0.25) is 4.79 Å². The van der Waals surface area contributed by atoms with E-state index in [1.807, 2.05) is 0 Å². The topological polar surface area (TPSA) is 46.3 Å². The molecule has 3 heteroatoms. The molecular formula is C21H28N2O. The number of fused-ring (bicyclic) bond motifs is 2. The van der Waals surface area contributed by atoms with Crippen LogP contribution in [-0.2, 0) is 11.3 Å². The van der Waals surface area contributed by atoms with Crippen molar-refractivity contribution in [2.75, 3.05) is 13.1 Å². The maximum atomic E-state index is 13.0. The molecule has 4 aliphatic rings. The smallest absolute Gasteiger partial charge is 0.226 e. The van der Waals surface area contributed by atoms with Gasteiger partial charge in [0.2, 0.25) is 5.91 Å². The molecule has 1 saturated carbocycles. The van der Waals surface area contributed by atoms with Crippen LogP contribution in [0.5, 0.6) is 0 Å². The zero-order chi connectivity index (χ0) is 16.5. The molecule has 1 aromatic carbocycles. The molecule has 1 aliphatic heterocycles. The fourth-order valence-electron chi connectivity index (χ4n) is 4.86. The summed E-state index contributed by atoms with van der Waals surface area (Å²) in [5, 5.41) is 0. The summed E-state index contributed by atoms with van der Waals surface area (Å²) in [6, 6.07) is 8.66. The second kappa shape index (κ2) is 6.72. The first-order valence-corrected chi connectivity index (χ1v) is 9.50. The molecular weight excluding hydrogens is 296 g/mol. The molecule has 1 heterocycles. The molecule has 3 aliphatic carbocycles. The summed E-state index contributed by atoms with van der Waals surface area (Å²) in [5.74, 6) is 2.40. The maximum Gasteiger partial charge on any atom is 0.226 e. The molecule has 2 bridgehead atoms. The molecule has 2 N–H and O–H groups in total. The highest BCUT2D eigenvalue weighted by molar-refractivity contribution is 5.80. The molecule has 0 spiro atoms. The largest absolute Gasteiger partial charge is 0.342 e. The van der Waals surface area contributed by atoms with Crippen molar-refractivity contribution >= 4 is 5.91 Å². The van der Waals surface area contributed by atoms with E-state index in [2.05, 4.69) is 41.3 Å². The molecule has 5 rings (SSSR count). The van der Waals surface area contributed by atoms with Gasteiger partial charge in [0.1, 0.15) is 0 Å². The number of carbonyl (C=O) groups excluding carboxylic acids is 1. The van der Waals surface area contributed by atoms with Gasteiger partial charge in [-0.15, -0.1) is 0 Å². The van der Waals surface area contributed by atoms with E-state index >= 15 is 0 Å². The SMILES string of the molecule is NCc1cccc(C2CCN(C(=O)C3CC4C=CC3CC4)CC2)c1. The van der Waals surface area contributed by atoms with Crippen molar-refractivity contribution in [3.63, 3.8) is 0 Å². The number of rotatable bonds is 3. The summed E-state index contributed by atoms with van der Waals surface area (Å²) in [4.78, 5) is 15.1. The summed E-state index contributed by atoms with van der Waals surface area (Å²) >= 11 is 0. The second-order valence-electron chi connectivity index (χ2n) is 7.78. The Morgan fingerprint density at radius 1 is 1.12 bits per heavy atom. The molecule has 24 heavy (non-hydrogen) atoms. The van der Waals surface area contributed by atoms with Crippen LogP contribution in [-0.4, -0.2) is 23.9 Å². The molecule has 2 fully saturated rings. The molecule has 1 amide bonds. The van der Waals surface area contributed by atoms with Crippen molar-refractivity contribution in [2.24, 2.45) is 23.5 Å². The van der Waals surface area contributed by atoms with E-state index < -0.39 is 0 Å². The molecule has 128 valence electrons. The number of likely N-dealkylation sites (tertiary alicyclic amines) is 1. The molecule has 3 unspecified atom stereocenters. The summed E-state index contributed by atoms with van der Waals surface area (Å²) in [7, 11) is 0. The van der Waals surface area contributed by atoms with Crippen molar-refractivity contribution in [2.45, 2.75) is 44.6 Å². The fourth-order valence-corrected chi connectivity index (χ4v) is 4.86. The van der Waals surface area contributed by atoms with Gasteiger partial charge >= 0.3 is 0 Å². The van der Waals surface area contributed by atoms with Crippen LogP contribution in [0, 0.1) is 17.8 Å². The van der Waals surface area contributed by atoms with Crippen LogP contribution in [0.2, 0.25) is 0 Å². The van der Waals surface area contributed by atoms with Gasteiger partial charge in [0.05, 0.1) is 0 Å². The lowest BCUT2D eigenvalue weighted by molar-refractivity contribution is -0.139. The Hall–Kier alpha value is -1.61. The number of piperidine rings is 1. The third-order valence-corrected chi connectivity index (χ3v) is 6.36. The Labute approximate surface area is 144 Å². The minimum absolute atomic E-state index is 0.255. The fraction of sp³-hybridized carbons (Fsp3) is 0.571. The Morgan fingerprint density at radius 3 is 2.58 bits per heavy atom. The molecule has 3 nitrogen and oxygen atoms in total. The van der Waals surface area contributed by atoms with Crippen LogP contribution in [0.15, 0.2) is 36.4 Å². The lowest BCUT2D eigenvalue weighted by Gasteiger charge is -2.41. The van der Waals surface area contributed by atoms with Crippen LogP contribution in [0.4, 0.5) is 0 Å². The number of benzene rings is 1. The predicted octanol–water partition coefficient (Wildman–Crippen LogP) is 3.45. The summed E-state index contributed by atoms with van der Waals surface area (Å²) in [6.45, 7) is 2.42. The highest BCUT2D eigenvalue weighted by Crippen LogP contribution is 2.41. The van der Waals surface area contributed by atoms with Gasteiger partial charge in [0, 0.05) is 25.6 Å². The number of hydrogen-bond acceptors (Lipinski definition) is 2. The van der Waals surface area contributed by atoms with Crippen molar-refractivity contribution in [1.82, 2.24) is 4.90 Å². The van der Waals surface area contributed by atoms with E-state index in [0.29, 0.717) is 30.2 Å². The van der Waals surface area contributed by atoms with Crippen LogP contribution in [0.3, 0.4) is 0 Å². The zero-order valence-electron chi connectivity index (χ0n) is 14.4. The van der Waals surface area contributed by atoms with Crippen molar-refractivity contribution < 1.29 is 4.79 Å². The highest BCUT2D eigenvalue weighted by atomic mass is 16.2. The standard InChI is InChI=1S/C21H28N2O/c22-14-16-2-1-3-19(12-16)17-8-10-23(11-9-17)21(24)20-13-15-4-6-18(20)7-5-15/h1-4,6,12,15,17-18,20H,5,7-11,13-14,22H2. The lowest BCUT2D eigenvalue weighted by atomic mass is 9.68. The Kier molecular flexibility index (Phi) is 4.45. The number of allylic oxidation sites excluding steroid dienone is 2. The van der Waals surface area contributed by atoms with Gasteiger partial charge in [-0.25, -0.2) is 0 Å². The Morgan fingerprint density at radius 2 is 1.96 bits per heavy atom. The minimum Gasteiger partial charge on any atom is -0.342 e. The molecule has 3 atom stereocenters. The van der Waals surface area contributed by atoms with Crippen molar-refractivity contribution in [1.29, 1.82) is 0 Å². The van der Waals surface area contributed by atoms with Crippen molar-refractivity contribution in [3.05, 3.63) is 47.5 Å². The van der Waals surface area contributed by atoms with E-state index in [0.717, 1.165) is 32.4 Å². The van der Waals surface area contributed by atoms with Crippen molar-refractivity contribution in [3.8, 4) is 0 Å². The summed E-state index contributed by atoms with van der Waals surface area (Å²) in [5.41, 5.74) is 8.36. The molecule has 0 aromatic heterocycles. The van der Waals surface area contributed by atoms with E-state index in [9.17, 15) is 4.79 Å². The van der Waals surface area contributed by atoms with Gasteiger partial charge in [-0.05, 0) is 61.0 Å². The van der Waals surface area contributed by atoms with Crippen LogP contribution in [0.1, 0.15) is 49.1 Å². The third-order valence-electron chi connectivity index (χ3n) is 6.36. The molecule has 1 saturated heterocycles. The number of nitrogens with zero attached hydrogens (tertiary/aromatic N) is 1. The quantitative estimate of drug-likeness (QED) is 0.866. The summed E-state index contributed by atoms with van der Waals surface area (Å²) < 4.78 is 0. The van der Waals surface area contributed by atoms with E-state index in [1.54, 1.807) is 0 Å². The van der Waals surface area contributed by atoms with Gasteiger partial charge in [0.25, 0.3) is 0 Å². The first-order valence-electron chi connectivity index (χ1n) is 9.50. The number of nitrogens with two attached hydrogens (primary N) is 1. The minimum atomic E-state index is 0.255. The first kappa shape index (κ1) is 15.9. The van der Waals surface area contributed by atoms with E-state index in [1.165, 1.54) is 24.0 Å². The highest BCUT2D eigenvalue weighted by Gasteiger charge is 2.39. The van der Waals surface area contributed by atoms with Crippen LogP contribution in [0.25, 0.3) is 0 Å². The van der Waals surface area contributed by atoms with Gasteiger partial charge in [-0.1, -0.05) is 36.4 Å². The average molecular weight is 324 g/mol.